The third-order valence-electron chi connectivity index (χ3n) is 3.47. The molecule has 1 heterocycles. The second-order valence-electron chi connectivity index (χ2n) is 4.72. The van der Waals surface area contributed by atoms with Crippen molar-refractivity contribution in [1.29, 1.82) is 0 Å². The number of nitrogens with two attached hydrogens (primary N) is 1. The van der Waals surface area contributed by atoms with Crippen molar-refractivity contribution in [3.8, 4) is 0 Å². The van der Waals surface area contributed by atoms with Crippen LogP contribution in [0.5, 0.6) is 0 Å². The highest BCUT2D eigenvalue weighted by Crippen LogP contribution is 2.31. The minimum atomic E-state index is 0.607. The Kier molecular flexibility index (Phi) is 3.14. The van der Waals surface area contributed by atoms with E-state index < -0.39 is 0 Å². The summed E-state index contributed by atoms with van der Waals surface area (Å²) in [5.41, 5.74) is 5.59. The van der Waals surface area contributed by atoms with E-state index in [0.29, 0.717) is 11.9 Å². The number of rotatable bonds is 2. The van der Waals surface area contributed by atoms with Crippen molar-refractivity contribution in [3.05, 3.63) is 6.07 Å². The smallest absolute Gasteiger partial charge is 0.139 e. The lowest BCUT2D eigenvalue weighted by Gasteiger charge is -2.32. The van der Waals surface area contributed by atoms with Crippen LogP contribution in [0.4, 0.5) is 10.8 Å². The molecular weight excluding hydrogens is 206 g/mol. The summed E-state index contributed by atoms with van der Waals surface area (Å²) in [6, 6.07) is 2.53. The van der Waals surface area contributed by atoms with E-state index in [2.05, 4.69) is 23.5 Å². The van der Waals surface area contributed by atoms with Gasteiger partial charge in [-0.05, 0) is 42.6 Å². The fraction of sp³-hybridized carbons (Fsp3) is 0.727. The van der Waals surface area contributed by atoms with Gasteiger partial charge in [-0.2, -0.15) is 4.37 Å². The summed E-state index contributed by atoms with van der Waals surface area (Å²) in [4.78, 5) is 0. The summed E-state index contributed by atoms with van der Waals surface area (Å²) in [5.74, 6) is 2.32. The fourth-order valence-electron chi connectivity index (χ4n) is 2.24. The SMILES string of the molecule is CC1CCC(Nc2cc(N)ns2)CC1C. The van der Waals surface area contributed by atoms with Crippen LogP contribution >= 0.6 is 11.5 Å². The second-order valence-corrected chi connectivity index (χ2v) is 5.53. The Morgan fingerprint density at radius 2 is 2.20 bits per heavy atom. The van der Waals surface area contributed by atoms with Gasteiger partial charge in [0, 0.05) is 12.1 Å². The Morgan fingerprint density at radius 1 is 1.40 bits per heavy atom. The molecule has 0 aromatic carbocycles. The Morgan fingerprint density at radius 3 is 2.80 bits per heavy atom. The zero-order valence-electron chi connectivity index (χ0n) is 9.36. The van der Waals surface area contributed by atoms with Crippen molar-refractivity contribution in [1.82, 2.24) is 4.37 Å². The van der Waals surface area contributed by atoms with Crippen LogP contribution in [0.3, 0.4) is 0 Å². The van der Waals surface area contributed by atoms with E-state index >= 15 is 0 Å². The van der Waals surface area contributed by atoms with Crippen molar-refractivity contribution in [2.24, 2.45) is 11.8 Å². The Balaban J connectivity index is 1.90. The van der Waals surface area contributed by atoms with Crippen LogP contribution in [-0.2, 0) is 0 Å². The Hall–Kier alpha value is -0.770. The molecule has 0 radical (unpaired) electrons. The first-order chi connectivity index (χ1) is 7.15. The van der Waals surface area contributed by atoms with Gasteiger partial charge in [-0.25, -0.2) is 0 Å². The molecule has 1 aliphatic carbocycles. The summed E-state index contributed by atoms with van der Waals surface area (Å²) in [6.45, 7) is 4.70. The molecule has 4 heteroatoms. The van der Waals surface area contributed by atoms with Crippen LogP contribution in [0.2, 0.25) is 0 Å². The molecule has 0 saturated heterocycles. The quantitative estimate of drug-likeness (QED) is 0.813. The predicted octanol–water partition coefficient (Wildman–Crippen LogP) is 2.96. The van der Waals surface area contributed by atoms with Gasteiger partial charge in [0.25, 0.3) is 0 Å². The highest BCUT2D eigenvalue weighted by atomic mass is 32.1. The van der Waals surface area contributed by atoms with Crippen molar-refractivity contribution in [2.45, 2.75) is 39.2 Å². The maximum atomic E-state index is 5.59. The van der Waals surface area contributed by atoms with Crippen molar-refractivity contribution >= 4 is 22.4 Å². The topological polar surface area (TPSA) is 50.9 Å². The average molecular weight is 225 g/mol. The molecule has 1 aliphatic rings. The van der Waals surface area contributed by atoms with E-state index in [0.717, 1.165) is 16.8 Å². The highest BCUT2D eigenvalue weighted by molar-refractivity contribution is 7.10. The third-order valence-corrected chi connectivity index (χ3v) is 4.21. The van der Waals surface area contributed by atoms with Crippen LogP contribution < -0.4 is 11.1 Å². The molecule has 3 N–H and O–H groups in total. The molecule has 0 spiro atoms. The number of nitrogen functional groups attached to an aromatic ring is 1. The van der Waals surface area contributed by atoms with Crippen molar-refractivity contribution in [2.75, 3.05) is 11.1 Å². The predicted molar refractivity (Wildman–Crippen MR) is 66.1 cm³/mol. The second kappa shape index (κ2) is 4.39. The number of nitrogens with zero attached hydrogens (tertiary/aromatic N) is 1. The third kappa shape index (κ3) is 2.62. The van der Waals surface area contributed by atoms with Crippen LogP contribution in [-0.4, -0.2) is 10.4 Å². The first-order valence-corrected chi connectivity index (χ1v) is 6.41. The van der Waals surface area contributed by atoms with Crippen LogP contribution in [0.25, 0.3) is 0 Å². The molecule has 0 amide bonds. The summed E-state index contributed by atoms with van der Waals surface area (Å²) in [7, 11) is 0. The lowest BCUT2D eigenvalue weighted by molar-refractivity contribution is 0.261. The van der Waals surface area contributed by atoms with Gasteiger partial charge in [0.15, 0.2) is 0 Å². The number of nitrogens with one attached hydrogen (secondary N) is 1. The first-order valence-electron chi connectivity index (χ1n) is 5.64. The molecule has 3 nitrogen and oxygen atoms in total. The lowest BCUT2D eigenvalue weighted by atomic mass is 9.79. The molecule has 1 aromatic heterocycles. The summed E-state index contributed by atoms with van der Waals surface area (Å²) >= 11 is 1.46. The highest BCUT2D eigenvalue weighted by Gasteiger charge is 2.24. The molecule has 3 atom stereocenters. The van der Waals surface area contributed by atoms with Gasteiger partial charge < -0.3 is 11.1 Å². The molecule has 3 unspecified atom stereocenters. The largest absolute Gasteiger partial charge is 0.383 e. The monoisotopic (exact) mass is 225 g/mol. The molecule has 1 saturated carbocycles. The standard InChI is InChI=1S/C11H19N3S/c1-7-3-4-9(5-8(7)2)13-11-6-10(12)14-15-11/h6-9,13H,3-5H2,1-2H3,(H2,12,14). The summed E-state index contributed by atoms with van der Waals surface area (Å²) in [5, 5.41) is 4.64. The fourth-order valence-corrected chi connectivity index (χ4v) is 2.89. The van der Waals surface area contributed by atoms with Crippen molar-refractivity contribution in [3.63, 3.8) is 0 Å². The minimum absolute atomic E-state index is 0.607. The average Bonchev–Trinajstić information content (AvgIpc) is 2.58. The zero-order valence-corrected chi connectivity index (χ0v) is 10.2. The maximum absolute atomic E-state index is 5.59. The van der Waals surface area contributed by atoms with Gasteiger partial charge in [0.05, 0.1) is 0 Å². The molecule has 0 bridgehead atoms. The molecule has 1 aromatic rings. The Labute approximate surface area is 95.2 Å². The maximum Gasteiger partial charge on any atom is 0.139 e. The van der Waals surface area contributed by atoms with Crippen LogP contribution in [0.15, 0.2) is 6.07 Å². The Bertz CT molecular complexity index is 323. The van der Waals surface area contributed by atoms with Gasteiger partial charge >= 0.3 is 0 Å². The molecule has 84 valence electrons. The molecule has 1 fully saturated rings. The van der Waals surface area contributed by atoms with E-state index in [4.69, 9.17) is 5.73 Å². The van der Waals surface area contributed by atoms with Gasteiger partial charge in [-0.1, -0.05) is 13.8 Å². The summed E-state index contributed by atoms with van der Waals surface area (Å²) in [6.07, 6.45) is 3.86. The van der Waals surface area contributed by atoms with Gasteiger partial charge in [0.1, 0.15) is 10.8 Å². The molecule has 2 rings (SSSR count). The zero-order chi connectivity index (χ0) is 10.8. The van der Waals surface area contributed by atoms with E-state index in [1.165, 1.54) is 30.8 Å². The van der Waals surface area contributed by atoms with E-state index in [9.17, 15) is 0 Å². The molecular formula is C11H19N3S. The molecule has 0 aliphatic heterocycles. The normalized spacial score (nSPS) is 31.5. The number of hydrogen-bond acceptors (Lipinski definition) is 4. The van der Waals surface area contributed by atoms with E-state index in [1.807, 2.05) is 6.07 Å². The number of anilines is 2. The van der Waals surface area contributed by atoms with Gasteiger partial charge in [-0.15, -0.1) is 0 Å². The van der Waals surface area contributed by atoms with E-state index in [1.54, 1.807) is 0 Å². The lowest BCUT2D eigenvalue weighted by Crippen LogP contribution is -2.30. The minimum Gasteiger partial charge on any atom is -0.383 e. The van der Waals surface area contributed by atoms with Crippen molar-refractivity contribution < 1.29 is 0 Å². The number of hydrogen-bond donors (Lipinski definition) is 2. The molecule has 15 heavy (non-hydrogen) atoms. The van der Waals surface area contributed by atoms with E-state index in [-0.39, 0.29) is 0 Å². The van der Waals surface area contributed by atoms with Crippen LogP contribution in [0.1, 0.15) is 33.1 Å². The first kappa shape index (κ1) is 10.7. The van der Waals surface area contributed by atoms with Crippen LogP contribution in [0, 0.1) is 11.8 Å². The number of aromatic nitrogens is 1. The summed E-state index contributed by atoms with van der Waals surface area (Å²) < 4.78 is 4.07. The van der Waals surface area contributed by atoms with Gasteiger partial charge in [0.2, 0.25) is 0 Å². The van der Waals surface area contributed by atoms with Gasteiger partial charge in [-0.3, -0.25) is 0 Å².